The minimum atomic E-state index is 0.105. The molecule has 66 valence electrons. The minimum Gasteiger partial charge on any atom is -0.289 e. The first-order chi connectivity index (χ1) is 6.24. The molecule has 0 radical (unpaired) electrons. The number of benzene rings is 1. The van der Waals surface area contributed by atoms with Gasteiger partial charge in [0, 0.05) is 6.42 Å². The van der Waals surface area contributed by atoms with Crippen LogP contribution in [0.15, 0.2) is 36.9 Å². The van der Waals surface area contributed by atoms with Gasteiger partial charge in [0.15, 0.2) is 5.52 Å². The third kappa shape index (κ3) is 2.96. The van der Waals surface area contributed by atoms with Gasteiger partial charge in [-0.25, -0.2) is 0 Å². The first kappa shape index (κ1) is 9.88. The predicted molar refractivity (Wildman–Crippen MR) is 59.1 cm³/mol. The maximum absolute atomic E-state index is 11.1. The lowest BCUT2D eigenvalue weighted by Gasteiger charge is -2.01. The van der Waals surface area contributed by atoms with Gasteiger partial charge in [0.05, 0.1) is 0 Å². The third-order valence-electron chi connectivity index (χ3n) is 1.72. The summed E-state index contributed by atoms with van der Waals surface area (Å²) in [5, 5.41) is 0. The molecule has 0 aliphatic rings. The number of carbonyl (C=O) groups excluding carboxylic acids is 1. The molecule has 0 atom stereocenters. The average molecular weight is 190 g/mol. The number of hydrogen-bond donors (Lipinski definition) is 0. The fraction of sp³-hybridized carbons (Fsp3) is 0.0909. The maximum atomic E-state index is 11.1. The first-order valence-electron chi connectivity index (χ1n) is 3.97. The number of allylic oxidation sites excluding steroid dienone is 1. The van der Waals surface area contributed by atoms with Crippen molar-refractivity contribution in [2.45, 2.75) is 6.42 Å². The van der Waals surface area contributed by atoms with Gasteiger partial charge in [-0.3, -0.25) is 4.79 Å². The summed E-state index contributed by atoms with van der Waals surface area (Å²) in [6.07, 6.45) is 3.91. The van der Waals surface area contributed by atoms with Gasteiger partial charge in [-0.2, -0.15) is 0 Å². The Labute approximate surface area is 79.9 Å². The predicted octanol–water partition coefficient (Wildman–Crippen LogP) is 2.99. The van der Waals surface area contributed by atoms with Crippen LogP contribution in [0.25, 0.3) is 5.57 Å². The summed E-state index contributed by atoms with van der Waals surface area (Å²) < 4.78 is 0. The SMILES string of the molecule is C=PC(=O)CC(=C)c1ccccc1. The van der Waals surface area contributed by atoms with Gasteiger partial charge in [-0.15, -0.1) is 0 Å². The zero-order chi connectivity index (χ0) is 9.68. The second-order valence-electron chi connectivity index (χ2n) is 2.70. The quantitative estimate of drug-likeness (QED) is 0.667. The zero-order valence-electron chi connectivity index (χ0n) is 7.36. The van der Waals surface area contributed by atoms with Crippen molar-refractivity contribution in [3.8, 4) is 0 Å². The largest absolute Gasteiger partial charge is 0.289 e. The Morgan fingerprint density at radius 1 is 1.31 bits per heavy atom. The average Bonchev–Trinajstić information content (AvgIpc) is 2.19. The molecule has 0 heterocycles. The van der Waals surface area contributed by atoms with Crippen molar-refractivity contribution in [1.82, 2.24) is 0 Å². The van der Waals surface area contributed by atoms with Gasteiger partial charge in [-0.05, 0) is 19.3 Å². The van der Waals surface area contributed by atoms with E-state index in [2.05, 4.69) is 12.9 Å². The minimum absolute atomic E-state index is 0.105. The van der Waals surface area contributed by atoms with E-state index in [1.165, 1.54) is 0 Å². The van der Waals surface area contributed by atoms with E-state index in [0.29, 0.717) is 14.6 Å². The third-order valence-corrected chi connectivity index (χ3v) is 2.23. The second kappa shape index (κ2) is 4.74. The number of rotatable bonds is 4. The Hall–Kier alpha value is -1.20. The summed E-state index contributed by atoms with van der Waals surface area (Å²) in [5.74, 6) is 0. The zero-order valence-corrected chi connectivity index (χ0v) is 8.26. The molecule has 0 unspecified atom stereocenters. The van der Waals surface area contributed by atoms with Crippen molar-refractivity contribution >= 4 is 25.6 Å². The molecule has 1 rings (SSSR count). The van der Waals surface area contributed by atoms with E-state index in [1.54, 1.807) is 0 Å². The number of carbonyl (C=O) groups is 1. The summed E-state index contributed by atoms with van der Waals surface area (Å²) in [5.41, 5.74) is 2.00. The topological polar surface area (TPSA) is 17.1 Å². The fourth-order valence-electron chi connectivity index (χ4n) is 1.01. The lowest BCUT2D eigenvalue weighted by molar-refractivity contribution is -0.110. The van der Waals surface area contributed by atoms with Crippen molar-refractivity contribution in [3.63, 3.8) is 0 Å². The molecular weight excluding hydrogens is 179 g/mol. The molecule has 0 aromatic heterocycles. The van der Waals surface area contributed by atoms with Crippen LogP contribution in [0.4, 0.5) is 0 Å². The Morgan fingerprint density at radius 2 is 1.92 bits per heavy atom. The van der Waals surface area contributed by atoms with E-state index in [-0.39, 0.29) is 5.52 Å². The van der Waals surface area contributed by atoms with Crippen molar-refractivity contribution in [2.24, 2.45) is 0 Å². The Bertz CT molecular complexity index is 327. The number of hydrogen-bond acceptors (Lipinski definition) is 1. The molecule has 2 heteroatoms. The molecular formula is C11H11OP. The highest BCUT2D eigenvalue weighted by atomic mass is 31.1. The van der Waals surface area contributed by atoms with Gasteiger partial charge in [0.1, 0.15) is 0 Å². The van der Waals surface area contributed by atoms with E-state index in [1.807, 2.05) is 30.3 Å². The lowest BCUT2D eigenvalue weighted by Crippen LogP contribution is -1.89. The van der Waals surface area contributed by atoms with E-state index >= 15 is 0 Å². The molecule has 0 N–H and O–H groups in total. The highest BCUT2D eigenvalue weighted by Crippen LogP contribution is 2.18. The highest BCUT2D eigenvalue weighted by Gasteiger charge is 2.02. The smallest absolute Gasteiger partial charge is 0.185 e. The molecule has 1 nitrogen and oxygen atoms in total. The lowest BCUT2D eigenvalue weighted by atomic mass is 10.1. The molecule has 0 saturated heterocycles. The summed E-state index contributed by atoms with van der Waals surface area (Å²) in [7, 11) is 0.559. The van der Waals surface area contributed by atoms with Crippen molar-refractivity contribution in [1.29, 1.82) is 0 Å². The summed E-state index contributed by atoms with van der Waals surface area (Å²) >= 11 is 0. The highest BCUT2D eigenvalue weighted by molar-refractivity contribution is 7.56. The molecule has 1 aromatic rings. The summed E-state index contributed by atoms with van der Waals surface area (Å²) in [4.78, 5) is 11.1. The van der Waals surface area contributed by atoms with Crippen LogP contribution in [0.2, 0.25) is 0 Å². The van der Waals surface area contributed by atoms with Gasteiger partial charge < -0.3 is 0 Å². The molecule has 13 heavy (non-hydrogen) atoms. The molecule has 0 amide bonds. The second-order valence-corrected chi connectivity index (χ2v) is 3.51. The van der Waals surface area contributed by atoms with Gasteiger partial charge >= 0.3 is 0 Å². The maximum Gasteiger partial charge on any atom is 0.185 e. The molecule has 0 saturated carbocycles. The van der Waals surface area contributed by atoms with Crippen LogP contribution in [-0.2, 0) is 4.79 Å². The Morgan fingerprint density at radius 3 is 2.46 bits per heavy atom. The normalized spacial score (nSPS) is 9.85. The standard InChI is InChI=1S/C11H11OP/c1-9(8-11(12)13-2)10-6-4-3-5-7-10/h3-7H,1-2,8H2. The van der Waals surface area contributed by atoms with Crippen LogP contribution in [0, 0.1) is 0 Å². The van der Waals surface area contributed by atoms with Crippen molar-refractivity contribution in [3.05, 3.63) is 42.5 Å². The molecule has 0 spiro atoms. The van der Waals surface area contributed by atoms with E-state index in [9.17, 15) is 4.79 Å². The molecule has 0 fully saturated rings. The van der Waals surface area contributed by atoms with Crippen LogP contribution in [-0.4, -0.2) is 11.8 Å². The van der Waals surface area contributed by atoms with E-state index < -0.39 is 0 Å². The Balaban J connectivity index is 2.70. The van der Waals surface area contributed by atoms with Gasteiger partial charge in [0.2, 0.25) is 0 Å². The van der Waals surface area contributed by atoms with Crippen LogP contribution < -0.4 is 0 Å². The van der Waals surface area contributed by atoms with Crippen molar-refractivity contribution < 1.29 is 4.79 Å². The van der Waals surface area contributed by atoms with E-state index in [4.69, 9.17) is 0 Å². The summed E-state index contributed by atoms with van der Waals surface area (Å²) in [6.45, 7) is 3.86. The van der Waals surface area contributed by atoms with Crippen LogP contribution in [0.5, 0.6) is 0 Å². The van der Waals surface area contributed by atoms with Gasteiger partial charge in [0.25, 0.3) is 0 Å². The molecule has 0 aliphatic heterocycles. The van der Waals surface area contributed by atoms with Crippen LogP contribution in [0.1, 0.15) is 12.0 Å². The van der Waals surface area contributed by atoms with E-state index in [0.717, 1.165) is 11.1 Å². The molecule has 1 aromatic carbocycles. The Kier molecular flexibility index (Phi) is 3.60. The molecule has 0 bridgehead atoms. The van der Waals surface area contributed by atoms with Gasteiger partial charge in [-0.1, -0.05) is 43.2 Å². The van der Waals surface area contributed by atoms with Crippen LogP contribution in [0.3, 0.4) is 0 Å². The fourth-order valence-corrected chi connectivity index (χ4v) is 1.32. The van der Waals surface area contributed by atoms with Crippen LogP contribution >= 0.6 is 8.20 Å². The molecule has 0 aliphatic carbocycles. The monoisotopic (exact) mass is 190 g/mol. The van der Waals surface area contributed by atoms with Crippen molar-refractivity contribution in [2.75, 3.05) is 0 Å². The summed E-state index contributed by atoms with van der Waals surface area (Å²) in [6, 6.07) is 9.73. The first-order valence-corrected chi connectivity index (χ1v) is 5.04.